The number of carbonyl (C=O) groups excluding carboxylic acids is 1. The van der Waals surface area contributed by atoms with Gasteiger partial charge in [-0.25, -0.2) is 0 Å². The van der Waals surface area contributed by atoms with Crippen molar-refractivity contribution in [2.45, 2.75) is 25.3 Å². The molecule has 0 N–H and O–H groups in total. The molecule has 1 aromatic carbocycles. The summed E-state index contributed by atoms with van der Waals surface area (Å²) in [6.45, 7) is 7.78. The van der Waals surface area contributed by atoms with Gasteiger partial charge in [-0.3, -0.25) is 9.78 Å². The Bertz CT molecular complexity index is 808. The fraction of sp³-hybridized carbons (Fsp3) is 0.565. The second-order valence-electron chi connectivity index (χ2n) is 8.22. The van der Waals surface area contributed by atoms with E-state index in [0.29, 0.717) is 5.69 Å². The highest BCUT2D eigenvalue weighted by atomic mass is 16.5. The standard InChI is InChI=1S/C23H32N4O2/c1-25-13-15-26(16-14-25)11-4-12-27(20-8-17-29-18-9-20)23(28)22-21-6-3-2-5-19(21)7-10-24-22/h2-3,5-7,10,20H,4,8-9,11-18H2,1H3. The van der Waals surface area contributed by atoms with E-state index in [1.165, 1.54) is 0 Å². The Labute approximate surface area is 173 Å². The van der Waals surface area contributed by atoms with Gasteiger partial charge in [-0.2, -0.15) is 0 Å². The molecule has 0 saturated carbocycles. The molecule has 0 bridgehead atoms. The van der Waals surface area contributed by atoms with Gasteiger partial charge in [0.05, 0.1) is 0 Å². The summed E-state index contributed by atoms with van der Waals surface area (Å²) in [6.07, 6.45) is 4.57. The number of rotatable bonds is 6. The molecule has 3 heterocycles. The van der Waals surface area contributed by atoms with Crippen LogP contribution in [0.5, 0.6) is 0 Å². The third-order valence-electron chi connectivity index (χ3n) is 6.24. The van der Waals surface area contributed by atoms with E-state index in [-0.39, 0.29) is 11.9 Å². The molecule has 0 atom stereocenters. The topological polar surface area (TPSA) is 48.9 Å². The maximum absolute atomic E-state index is 13.6. The molecular weight excluding hydrogens is 364 g/mol. The smallest absolute Gasteiger partial charge is 0.273 e. The summed E-state index contributed by atoms with van der Waals surface area (Å²) in [6, 6.07) is 10.2. The highest BCUT2D eigenvalue weighted by Crippen LogP contribution is 2.22. The Kier molecular flexibility index (Phi) is 6.74. The van der Waals surface area contributed by atoms with E-state index in [1.807, 2.05) is 30.3 Å². The molecule has 4 rings (SSSR count). The number of hydrogen-bond acceptors (Lipinski definition) is 5. The number of ether oxygens (including phenoxy) is 1. The van der Waals surface area contributed by atoms with E-state index in [1.54, 1.807) is 6.20 Å². The first-order valence-corrected chi connectivity index (χ1v) is 10.9. The van der Waals surface area contributed by atoms with Gasteiger partial charge in [0.1, 0.15) is 5.69 Å². The monoisotopic (exact) mass is 396 g/mol. The molecule has 0 aliphatic carbocycles. The summed E-state index contributed by atoms with van der Waals surface area (Å²) in [5.41, 5.74) is 0.578. The van der Waals surface area contributed by atoms with Gasteiger partial charge in [0, 0.05) is 63.6 Å². The van der Waals surface area contributed by atoms with E-state index in [2.05, 4.69) is 26.7 Å². The number of nitrogens with zero attached hydrogens (tertiary/aromatic N) is 4. The summed E-state index contributed by atoms with van der Waals surface area (Å²) in [4.78, 5) is 25.0. The maximum atomic E-state index is 13.6. The van der Waals surface area contributed by atoms with Crippen molar-refractivity contribution in [3.8, 4) is 0 Å². The fourth-order valence-electron chi connectivity index (χ4n) is 4.41. The molecule has 156 valence electrons. The van der Waals surface area contributed by atoms with Crippen LogP contribution in [0.1, 0.15) is 29.8 Å². The number of aromatic nitrogens is 1. The minimum atomic E-state index is 0.0621. The zero-order chi connectivity index (χ0) is 20.1. The van der Waals surface area contributed by atoms with E-state index in [9.17, 15) is 4.79 Å². The van der Waals surface area contributed by atoms with Crippen LogP contribution in [0.4, 0.5) is 0 Å². The van der Waals surface area contributed by atoms with E-state index in [4.69, 9.17) is 4.74 Å². The minimum Gasteiger partial charge on any atom is -0.381 e. The van der Waals surface area contributed by atoms with Crippen molar-refractivity contribution in [3.63, 3.8) is 0 Å². The zero-order valence-electron chi connectivity index (χ0n) is 17.4. The van der Waals surface area contributed by atoms with Gasteiger partial charge in [-0.1, -0.05) is 24.3 Å². The van der Waals surface area contributed by atoms with Crippen LogP contribution in [0.15, 0.2) is 36.5 Å². The number of carbonyl (C=O) groups is 1. The Morgan fingerprint density at radius 3 is 2.69 bits per heavy atom. The summed E-state index contributed by atoms with van der Waals surface area (Å²) in [5.74, 6) is 0.0621. The SMILES string of the molecule is CN1CCN(CCCN(C(=O)c2nccc3ccccc23)C2CCOCC2)CC1. The van der Waals surface area contributed by atoms with Crippen LogP contribution in [-0.2, 0) is 4.74 Å². The lowest BCUT2D eigenvalue weighted by Crippen LogP contribution is -2.47. The number of amides is 1. The first-order valence-electron chi connectivity index (χ1n) is 10.9. The van der Waals surface area contributed by atoms with Gasteiger partial charge in [-0.15, -0.1) is 0 Å². The van der Waals surface area contributed by atoms with Gasteiger partial charge in [-0.05, 0) is 44.3 Å². The summed E-state index contributed by atoms with van der Waals surface area (Å²) < 4.78 is 5.55. The molecule has 2 saturated heterocycles. The first-order chi connectivity index (χ1) is 14.2. The number of pyridine rings is 1. The van der Waals surface area contributed by atoms with Crippen LogP contribution >= 0.6 is 0 Å². The van der Waals surface area contributed by atoms with Crippen molar-refractivity contribution in [1.29, 1.82) is 0 Å². The lowest BCUT2D eigenvalue weighted by molar-refractivity contribution is 0.0274. The van der Waals surface area contributed by atoms with Gasteiger partial charge >= 0.3 is 0 Å². The van der Waals surface area contributed by atoms with Crippen molar-refractivity contribution < 1.29 is 9.53 Å². The predicted octanol–water partition coefficient (Wildman–Crippen LogP) is 2.49. The third kappa shape index (κ3) is 4.94. The maximum Gasteiger partial charge on any atom is 0.273 e. The largest absolute Gasteiger partial charge is 0.381 e. The molecule has 6 nitrogen and oxygen atoms in total. The highest BCUT2D eigenvalue weighted by Gasteiger charge is 2.28. The van der Waals surface area contributed by atoms with Gasteiger partial charge in [0.15, 0.2) is 0 Å². The van der Waals surface area contributed by atoms with Crippen LogP contribution in [0, 0.1) is 0 Å². The Balaban J connectivity index is 1.48. The third-order valence-corrected chi connectivity index (χ3v) is 6.24. The molecular formula is C23H32N4O2. The van der Waals surface area contributed by atoms with Crippen LogP contribution < -0.4 is 0 Å². The number of hydrogen-bond donors (Lipinski definition) is 0. The Hall–Kier alpha value is -2.02. The molecule has 6 heteroatoms. The van der Waals surface area contributed by atoms with E-state index in [0.717, 1.165) is 82.5 Å². The van der Waals surface area contributed by atoms with E-state index < -0.39 is 0 Å². The second-order valence-corrected chi connectivity index (χ2v) is 8.22. The highest BCUT2D eigenvalue weighted by molar-refractivity contribution is 6.05. The van der Waals surface area contributed by atoms with Crippen molar-refractivity contribution >= 4 is 16.7 Å². The van der Waals surface area contributed by atoms with Gasteiger partial charge in [0.25, 0.3) is 5.91 Å². The molecule has 1 aromatic heterocycles. The molecule has 2 fully saturated rings. The molecule has 29 heavy (non-hydrogen) atoms. The summed E-state index contributed by atoms with van der Waals surface area (Å²) >= 11 is 0. The number of benzene rings is 1. The summed E-state index contributed by atoms with van der Waals surface area (Å²) in [5, 5.41) is 2.01. The molecule has 0 unspecified atom stereocenters. The zero-order valence-corrected chi connectivity index (χ0v) is 17.4. The average molecular weight is 397 g/mol. The lowest BCUT2D eigenvalue weighted by atomic mass is 10.0. The molecule has 0 radical (unpaired) electrons. The molecule has 1 amide bonds. The lowest BCUT2D eigenvalue weighted by Gasteiger charge is -2.36. The number of piperazine rings is 1. The first kappa shape index (κ1) is 20.3. The molecule has 0 spiro atoms. The Morgan fingerprint density at radius 1 is 1.14 bits per heavy atom. The van der Waals surface area contributed by atoms with E-state index >= 15 is 0 Å². The van der Waals surface area contributed by atoms with Crippen molar-refractivity contribution in [2.75, 3.05) is 59.5 Å². The normalized spacial score (nSPS) is 19.5. The van der Waals surface area contributed by atoms with Crippen LogP contribution in [0.25, 0.3) is 10.8 Å². The quantitative estimate of drug-likeness (QED) is 0.751. The minimum absolute atomic E-state index is 0.0621. The summed E-state index contributed by atoms with van der Waals surface area (Å²) in [7, 11) is 2.18. The molecule has 2 aliphatic heterocycles. The van der Waals surface area contributed by atoms with Gasteiger partial charge in [0.2, 0.25) is 0 Å². The van der Waals surface area contributed by atoms with Crippen LogP contribution in [0.2, 0.25) is 0 Å². The fourth-order valence-corrected chi connectivity index (χ4v) is 4.41. The number of fused-ring (bicyclic) bond motifs is 1. The molecule has 2 aliphatic rings. The van der Waals surface area contributed by atoms with Crippen molar-refractivity contribution in [1.82, 2.24) is 19.7 Å². The van der Waals surface area contributed by atoms with Crippen LogP contribution in [-0.4, -0.2) is 91.2 Å². The van der Waals surface area contributed by atoms with Crippen molar-refractivity contribution in [2.24, 2.45) is 0 Å². The predicted molar refractivity (Wildman–Crippen MR) is 115 cm³/mol. The average Bonchev–Trinajstić information content (AvgIpc) is 2.78. The Morgan fingerprint density at radius 2 is 1.90 bits per heavy atom. The number of likely N-dealkylation sites (N-methyl/N-ethyl adjacent to an activating group) is 1. The van der Waals surface area contributed by atoms with Crippen LogP contribution in [0.3, 0.4) is 0 Å². The second kappa shape index (κ2) is 9.65. The van der Waals surface area contributed by atoms with Gasteiger partial charge < -0.3 is 19.4 Å². The van der Waals surface area contributed by atoms with Crippen molar-refractivity contribution in [3.05, 3.63) is 42.2 Å². The molecule has 2 aromatic rings.